The van der Waals surface area contributed by atoms with Gasteiger partial charge in [-0.05, 0) is 36.8 Å². The first-order valence-corrected chi connectivity index (χ1v) is 6.03. The van der Waals surface area contributed by atoms with Gasteiger partial charge in [0.1, 0.15) is 11.6 Å². The summed E-state index contributed by atoms with van der Waals surface area (Å²) in [4.78, 5) is 0. The molecule has 2 rings (SSSR count). The predicted molar refractivity (Wildman–Crippen MR) is 58.8 cm³/mol. The molecule has 1 aromatic rings. The highest BCUT2D eigenvalue weighted by Crippen LogP contribution is 2.32. The quantitative estimate of drug-likeness (QED) is 0.794. The molecule has 0 amide bonds. The van der Waals surface area contributed by atoms with E-state index in [1.54, 1.807) is 11.8 Å². The van der Waals surface area contributed by atoms with Crippen molar-refractivity contribution in [2.75, 3.05) is 5.75 Å². The third-order valence-electron chi connectivity index (χ3n) is 2.46. The lowest BCUT2D eigenvalue weighted by Gasteiger charge is -2.28. The van der Waals surface area contributed by atoms with Crippen molar-refractivity contribution < 1.29 is 8.78 Å². The highest BCUT2D eigenvalue weighted by atomic mass is 32.2. The molecule has 1 aromatic carbocycles. The summed E-state index contributed by atoms with van der Waals surface area (Å²) in [7, 11) is 0. The minimum Gasteiger partial charge on any atom is -0.299 e. The molecule has 1 fully saturated rings. The molecule has 1 heterocycles. The van der Waals surface area contributed by atoms with Crippen LogP contribution >= 0.6 is 11.8 Å². The molecular weight excluding hydrogens is 216 g/mol. The van der Waals surface area contributed by atoms with Gasteiger partial charge in [-0.25, -0.2) is 8.78 Å². The van der Waals surface area contributed by atoms with E-state index in [0.29, 0.717) is 11.6 Å². The molecule has 0 radical (unpaired) electrons. The first-order valence-electron chi connectivity index (χ1n) is 4.99. The Morgan fingerprint density at radius 2 is 1.93 bits per heavy atom. The van der Waals surface area contributed by atoms with E-state index in [1.807, 2.05) is 0 Å². The minimum absolute atomic E-state index is 0.0129. The number of halogens is 2. The average Bonchev–Trinajstić information content (AvgIpc) is 2.16. The van der Waals surface area contributed by atoms with Gasteiger partial charge in [-0.1, -0.05) is 0 Å². The Morgan fingerprint density at radius 3 is 2.53 bits per heavy atom. The number of benzene rings is 1. The number of hydrogen-bond acceptors (Lipinski definition) is 2. The fraction of sp³-hybridized carbons (Fsp3) is 0.455. The van der Waals surface area contributed by atoms with E-state index >= 15 is 0 Å². The molecule has 1 aliphatic heterocycles. The second-order valence-corrected chi connectivity index (χ2v) is 5.02. The van der Waals surface area contributed by atoms with Gasteiger partial charge in [0, 0.05) is 12.1 Å². The highest BCUT2D eigenvalue weighted by Gasteiger charge is 2.20. The minimum atomic E-state index is -0.509. The van der Waals surface area contributed by atoms with Gasteiger partial charge in [-0.3, -0.25) is 5.32 Å². The summed E-state index contributed by atoms with van der Waals surface area (Å²) >= 11 is 1.69. The Morgan fingerprint density at radius 1 is 1.27 bits per heavy atom. The van der Waals surface area contributed by atoms with Crippen LogP contribution in [0.4, 0.5) is 8.78 Å². The van der Waals surface area contributed by atoms with Crippen LogP contribution in [0.15, 0.2) is 18.2 Å². The van der Waals surface area contributed by atoms with Crippen LogP contribution in [0.1, 0.15) is 24.3 Å². The molecule has 0 saturated carbocycles. The van der Waals surface area contributed by atoms with Gasteiger partial charge < -0.3 is 0 Å². The van der Waals surface area contributed by atoms with Crippen LogP contribution in [0.3, 0.4) is 0 Å². The smallest absolute Gasteiger partial charge is 0.126 e. The first kappa shape index (κ1) is 10.9. The third kappa shape index (κ3) is 2.69. The number of nitrogens with one attached hydrogen (secondary N) is 1. The Bertz CT molecular complexity index is 336. The summed E-state index contributed by atoms with van der Waals surface area (Å²) in [5.41, 5.74) is 0.684. The molecule has 0 aliphatic carbocycles. The summed E-state index contributed by atoms with van der Waals surface area (Å²) in [5.74, 6) is 0.00741. The molecule has 1 nitrogen and oxygen atoms in total. The van der Waals surface area contributed by atoms with Crippen molar-refractivity contribution in [1.82, 2.24) is 5.32 Å². The number of rotatable bonds is 1. The van der Waals surface area contributed by atoms with Crippen LogP contribution in [-0.2, 0) is 0 Å². The lowest BCUT2D eigenvalue weighted by molar-refractivity contribution is 0.506. The molecule has 2 atom stereocenters. The molecule has 15 heavy (non-hydrogen) atoms. The zero-order valence-electron chi connectivity index (χ0n) is 8.47. The Kier molecular flexibility index (Phi) is 3.26. The largest absolute Gasteiger partial charge is 0.299 e. The van der Waals surface area contributed by atoms with E-state index in [0.717, 1.165) is 18.2 Å². The summed E-state index contributed by atoms with van der Waals surface area (Å²) in [6.45, 7) is 2.09. The van der Waals surface area contributed by atoms with Crippen LogP contribution in [-0.4, -0.2) is 11.8 Å². The van der Waals surface area contributed by atoms with Crippen molar-refractivity contribution in [3.63, 3.8) is 0 Å². The lowest BCUT2D eigenvalue weighted by atomic mass is 10.1. The van der Waals surface area contributed by atoms with Gasteiger partial charge in [-0.2, -0.15) is 0 Å². The van der Waals surface area contributed by atoms with Gasteiger partial charge in [0.2, 0.25) is 0 Å². The Labute approximate surface area is 92.3 Å². The molecule has 82 valence electrons. The van der Waals surface area contributed by atoms with Gasteiger partial charge in [-0.15, -0.1) is 11.8 Å². The fourth-order valence-corrected chi connectivity index (χ4v) is 3.05. The van der Waals surface area contributed by atoms with Crippen molar-refractivity contribution in [2.24, 2.45) is 0 Å². The van der Waals surface area contributed by atoms with Gasteiger partial charge in [0.05, 0.1) is 5.37 Å². The van der Waals surface area contributed by atoms with Gasteiger partial charge in [0.15, 0.2) is 0 Å². The maximum atomic E-state index is 13.0. The Hall–Kier alpha value is -0.610. The maximum Gasteiger partial charge on any atom is 0.126 e. The molecule has 1 saturated heterocycles. The average molecular weight is 229 g/mol. The molecule has 0 aromatic heterocycles. The predicted octanol–water partition coefficient (Wildman–Crippen LogP) is 3.08. The summed E-state index contributed by atoms with van der Waals surface area (Å²) < 4.78 is 26.0. The van der Waals surface area contributed by atoms with E-state index in [9.17, 15) is 8.78 Å². The second-order valence-electron chi connectivity index (χ2n) is 3.81. The molecule has 1 aliphatic rings. The zero-order chi connectivity index (χ0) is 10.8. The number of thioether (sulfide) groups is 1. The molecule has 1 N–H and O–H groups in total. The van der Waals surface area contributed by atoms with Crippen molar-refractivity contribution in [3.05, 3.63) is 35.4 Å². The van der Waals surface area contributed by atoms with E-state index in [4.69, 9.17) is 0 Å². The molecular formula is C11H13F2NS. The molecule has 0 spiro atoms. The first-order chi connectivity index (χ1) is 7.15. The SMILES string of the molecule is CC1CCSC(c2cc(F)cc(F)c2)N1. The van der Waals surface area contributed by atoms with Crippen molar-refractivity contribution in [1.29, 1.82) is 0 Å². The van der Waals surface area contributed by atoms with E-state index < -0.39 is 11.6 Å². The zero-order valence-corrected chi connectivity index (χ0v) is 9.28. The van der Waals surface area contributed by atoms with Gasteiger partial charge >= 0.3 is 0 Å². The van der Waals surface area contributed by atoms with Crippen LogP contribution in [0.2, 0.25) is 0 Å². The third-order valence-corrected chi connectivity index (χ3v) is 3.67. The van der Waals surface area contributed by atoms with Crippen LogP contribution in [0.5, 0.6) is 0 Å². The second kappa shape index (κ2) is 4.49. The molecule has 4 heteroatoms. The van der Waals surface area contributed by atoms with E-state index in [-0.39, 0.29) is 5.37 Å². The van der Waals surface area contributed by atoms with Gasteiger partial charge in [0.25, 0.3) is 0 Å². The van der Waals surface area contributed by atoms with Crippen molar-refractivity contribution >= 4 is 11.8 Å². The summed E-state index contributed by atoms with van der Waals surface area (Å²) in [5, 5.41) is 3.33. The van der Waals surface area contributed by atoms with Crippen LogP contribution in [0.25, 0.3) is 0 Å². The molecule has 0 bridgehead atoms. The number of hydrogen-bond donors (Lipinski definition) is 1. The topological polar surface area (TPSA) is 12.0 Å². The highest BCUT2D eigenvalue weighted by molar-refractivity contribution is 7.99. The van der Waals surface area contributed by atoms with E-state index in [1.165, 1.54) is 12.1 Å². The van der Waals surface area contributed by atoms with E-state index in [2.05, 4.69) is 12.2 Å². The fourth-order valence-electron chi connectivity index (χ4n) is 1.67. The standard InChI is InChI=1S/C11H13F2NS/c1-7-2-3-15-11(14-7)8-4-9(12)6-10(13)5-8/h4-7,11,14H,2-3H2,1H3. The maximum absolute atomic E-state index is 13.0. The van der Waals surface area contributed by atoms with Crippen molar-refractivity contribution in [3.8, 4) is 0 Å². The van der Waals surface area contributed by atoms with Crippen LogP contribution in [0, 0.1) is 11.6 Å². The lowest BCUT2D eigenvalue weighted by Crippen LogP contribution is -2.33. The normalized spacial score (nSPS) is 26.6. The van der Waals surface area contributed by atoms with Crippen LogP contribution < -0.4 is 5.32 Å². The Balaban J connectivity index is 2.20. The summed E-state index contributed by atoms with van der Waals surface area (Å²) in [6.07, 6.45) is 1.10. The summed E-state index contributed by atoms with van der Waals surface area (Å²) in [6, 6.07) is 4.10. The van der Waals surface area contributed by atoms with Crippen molar-refractivity contribution in [2.45, 2.75) is 24.8 Å². The molecule has 2 unspecified atom stereocenters. The monoisotopic (exact) mass is 229 g/mol.